The topological polar surface area (TPSA) is 88.1 Å². The summed E-state index contributed by atoms with van der Waals surface area (Å²) in [7, 11) is 1.87. The van der Waals surface area contributed by atoms with Crippen LogP contribution in [0, 0.1) is 5.41 Å². The van der Waals surface area contributed by atoms with Crippen LogP contribution >= 0.6 is 0 Å². The van der Waals surface area contributed by atoms with E-state index in [-0.39, 0.29) is 5.84 Å². The number of anilines is 1. The fourth-order valence-electron chi connectivity index (χ4n) is 1.13. The minimum atomic E-state index is -0.0538. The first-order chi connectivity index (χ1) is 7.65. The van der Waals surface area contributed by atoms with Crippen LogP contribution in [0.15, 0.2) is 12.3 Å². The Bertz CT molecular complexity index is 355. The third-order valence-electron chi connectivity index (χ3n) is 2.04. The molecule has 1 aromatic heterocycles. The number of hydrogen-bond donors (Lipinski definition) is 2. The quantitative estimate of drug-likeness (QED) is 0.409. The molecule has 1 aromatic rings. The first-order valence-corrected chi connectivity index (χ1v) is 5.11. The zero-order chi connectivity index (χ0) is 12.0. The summed E-state index contributed by atoms with van der Waals surface area (Å²) < 4.78 is 5.24. The van der Waals surface area contributed by atoms with E-state index >= 15 is 0 Å². The van der Waals surface area contributed by atoms with Crippen LogP contribution in [0.3, 0.4) is 0 Å². The maximum absolute atomic E-state index is 7.29. The molecule has 0 aliphatic rings. The molecule has 0 aliphatic heterocycles. The lowest BCUT2D eigenvalue weighted by molar-refractivity contribution is 0.154. The van der Waals surface area contributed by atoms with Crippen molar-refractivity contribution in [2.24, 2.45) is 5.73 Å². The molecule has 88 valence electrons. The molecule has 1 rings (SSSR count). The van der Waals surface area contributed by atoms with Crippen LogP contribution in [0.2, 0.25) is 0 Å². The van der Waals surface area contributed by atoms with Crippen LogP contribution in [0.25, 0.3) is 0 Å². The summed E-state index contributed by atoms with van der Waals surface area (Å²) in [5.41, 5.74) is 5.79. The Morgan fingerprint density at radius 3 is 3.00 bits per heavy atom. The maximum atomic E-state index is 7.29. The number of amidine groups is 1. The van der Waals surface area contributed by atoms with Gasteiger partial charge < -0.3 is 15.4 Å². The van der Waals surface area contributed by atoms with E-state index in [4.69, 9.17) is 15.9 Å². The lowest BCUT2D eigenvalue weighted by atomic mass is 10.4. The molecule has 1 heterocycles. The van der Waals surface area contributed by atoms with Gasteiger partial charge >= 0.3 is 0 Å². The van der Waals surface area contributed by atoms with Gasteiger partial charge in [-0.1, -0.05) is 0 Å². The highest BCUT2D eigenvalue weighted by molar-refractivity contribution is 5.93. The molecule has 0 radical (unpaired) electrons. The van der Waals surface area contributed by atoms with Crippen molar-refractivity contribution in [2.45, 2.75) is 6.92 Å². The molecule has 0 fully saturated rings. The molecular formula is C10H17N5O. The van der Waals surface area contributed by atoms with Crippen LogP contribution in [0.1, 0.15) is 12.6 Å². The van der Waals surface area contributed by atoms with Crippen molar-refractivity contribution in [1.29, 1.82) is 5.41 Å². The second-order valence-electron chi connectivity index (χ2n) is 3.27. The highest BCUT2D eigenvalue weighted by Gasteiger charge is 2.06. The van der Waals surface area contributed by atoms with Gasteiger partial charge in [-0.2, -0.15) is 0 Å². The Hall–Kier alpha value is -1.69. The van der Waals surface area contributed by atoms with Crippen molar-refractivity contribution >= 4 is 11.8 Å². The molecule has 0 spiro atoms. The summed E-state index contributed by atoms with van der Waals surface area (Å²) >= 11 is 0. The molecule has 0 bridgehead atoms. The van der Waals surface area contributed by atoms with Gasteiger partial charge in [-0.15, -0.1) is 0 Å². The summed E-state index contributed by atoms with van der Waals surface area (Å²) in [4.78, 5) is 10.1. The van der Waals surface area contributed by atoms with E-state index in [1.165, 1.54) is 0 Å². The Kier molecular flexibility index (Phi) is 4.65. The zero-order valence-electron chi connectivity index (χ0n) is 9.60. The predicted octanol–water partition coefficient (Wildman–Crippen LogP) is 0.233. The molecule has 0 amide bonds. The van der Waals surface area contributed by atoms with Gasteiger partial charge in [0.15, 0.2) is 0 Å². The smallest absolute Gasteiger partial charge is 0.225 e. The lowest BCUT2D eigenvalue weighted by Gasteiger charge is -2.16. The molecule has 6 nitrogen and oxygen atoms in total. The van der Waals surface area contributed by atoms with Gasteiger partial charge in [-0.05, 0) is 13.0 Å². The largest absolute Gasteiger partial charge is 0.382 e. The third-order valence-corrected chi connectivity index (χ3v) is 2.04. The van der Waals surface area contributed by atoms with Crippen molar-refractivity contribution < 1.29 is 4.74 Å². The van der Waals surface area contributed by atoms with Crippen LogP contribution in [0.5, 0.6) is 0 Å². The summed E-state index contributed by atoms with van der Waals surface area (Å²) in [6.07, 6.45) is 1.59. The molecule has 0 aromatic carbocycles. The van der Waals surface area contributed by atoms with Crippen molar-refractivity contribution in [1.82, 2.24) is 9.97 Å². The Morgan fingerprint density at radius 2 is 2.38 bits per heavy atom. The van der Waals surface area contributed by atoms with Gasteiger partial charge in [0.1, 0.15) is 11.5 Å². The first kappa shape index (κ1) is 12.4. The number of nitrogens with two attached hydrogens (primary N) is 1. The number of rotatable bonds is 6. The van der Waals surface area contributed by atoms with Crippen molar-refractivity contribution in [3.05, 3.63) is 18.0 Å². The molecule has 6 heteroatoms. The van der Waals surface area contributed by atoms with Crippen LogP contribution in [0.4, 0.5) is 5.95 Å². The second-order valence-corrected chi connectivity index (χ2v) is 3.27. The van der Waals surface area contributed by atoms with Crippen molar-refractivity contribution in [3.8, 4) is 0 Å². The van der Waals surface area contributed by atoms with Gasteiger partial charge in [0.05, 0.1) is 6.61 Å². The van der Waals surface area contributed by atoms with E-state index in [2.05, 4.69) is 9.97 Å². The second kappa shape index (κ2) is 6.02. The third kappa shape index (κ3) is 3.47. The molecule has 16 heavy (non-hydrogen) atoms. The number of aromatic nitrogens is 2. The average molecular weight is 223 g/mol. The first-order valence-electron chi connectivity index (χ1n) is 5.11. The fraction of sp³-hybridized carbons (Fsp3) is 0.500. The van der Waals surface area contributed by atoms with E-state index in [1.54, 1.807) is 12.3 Å². The minimum absolute atomic E-state index is 0.0538. The number of nitrogens with one attached hydrogen (secondary N) is 1. The van der Waals surface area contributed by atoms with Gasteiger partial charge in [-0.3, -0.25) is 5.41 Å². The fourth-order valence-corrected chi connectivity index (χ4v) is 1.13. The summed E-state index contributed by atoms with van der Waals surface area (Å²) in [6.45, 7) is 3.98. The van der Waals surface area contributed by atoms with Gasteiger partial charge in [0.25, 0.3) is 0 Å². The van der Waals surface area contributed by atoms with Crippen LogP contribution < -0.4 is 10.6 Å². The summed E-state index contributed by atoms with van der Waals surface area (Å²) in [5.74, 6) is 0.495. The molecule has 0 saturated heterocycles. The van der Waals surface area contributed by atoms with Crippen LogP contribution in [-0.4, -0.2) is 42.6 Å². The molecule has 0 saturated carbocycles. The Labute approximate surface area is 95.0 Å². The van der Waals surface area contributed by atoms with E-state index < -0.39 is 0 Å². The molecule has 0 aliphatic carbocycles. The molecule has 0 unspecified atom stereocenters. The van der Waals surface area contributed by atoms with Crippen LogP contribution in [-0.2, 0) is 4.74 Å². The number of ether oxygens (including phenoxy) is 1. The zero-order valence-corrected chi connectivity index (χ0v) is 9.60. The normalized spacial score (nSPS) is 10.1. The monoisotopic (exact) mass is 223 g/mol. The number of nitrogen functional groups attached to an aromatic ring is 1. The predicted molar refractivity (Wildman–Crippen MR) is 62.8 cm³/mol. The van der Waals surface area contributed by atoms with Crippen molar-refractivity contribution in [2.75, 3.05) is 31.7 Å². The van der Waals surface area contributed by atoms with E-state index in [9.17, 15) is 0 Å². The molecule has 0 atom stereocenters. The summed E-state index contributed by atoms with van der Waals surface area (Å²) in [5, 5.41) is 7.29. The Morgan fingerprint density at radius 1 is 1.62 bits per heavy atom. The SMILES string of the molecule is CCOCCN(C)c1nccc(C(=N)N)n1. The molecular weight excluding hydrogens is 206 g/mol. The van der Waals surface area contributed by atoms with Gasteiger partial charge in [-0.25, -0.2) is 9.97 Å². The lowest BCUT2D eigenvalue weighted by Crippen LogP contribution is -2.25. The highest BCUT2D eigenvalue weighted by Crippen LogP contribution is 2.04. The average Bonchev–Trinajstić information content (AvgIpc) is 2.29. The van der Waals surface area contributed by atoms with E-state index in [0.29, 0.717) is 31.4 Å². The van der Waals surface area contributed by atoms with Gasteiger partial charge in [0.2, 0.25) is 5.95 Å². The number of likely N-dealkylation sites (N-methyl/N-ethyl adjacent to an activating group) is 1. The minimum Gasteiger partial charge on any atom is -0.382 e. The Balaban J connectivity index is 2.64. The van der Waals surface area contributed by atoms with Crippen molar-refractivity contribution in [3.63, 3.8) is 0 Å². The number of hydrogen-bond acceptors (Lipinski definition) is 5. The number of nitrogens with zero attached hydrogens (tertiary/aromatic N) is 3. The standard InChI is InChI=1S/C10H17N5O/c1-3-16-7-6-15(2)10-13-5-4-8(14-10)9(11)12/h4-5H,3,6-7H2,1-2H3,(H3,11,12). The summed E-state index contributed by atoms with van der Waals surface area (Å²) in [6, 6.07) is 1.61. The molecule has 3 N–H and O–H groups in total. The van der Waals surface area contributed by atoms with Gasteiger partial charge in [0, 0.05) is 26.4 Å². The maximum Gasteiger partial charge on any atom is 0.225 e. The van der Waals surface area contributed by atoms with E-state index in [0.717, 1.165) is 0 Å². The van der Waals surface area contributed by atoms with E-state index in [1.807, 2.05) is 18.9 Å². The highest BCUT2D eigenvalue weighted by atomic mass is 16.5.